The summed E-state index contributed by atoms with van der Waals surface area (Å²) < 4.78 is 27.9. The Hall–Kier alpha value is -3.36. The molecule has 2 amide bonds. The van der Waals surface area contributed by atoms with Crippen molar-refractivity contribution in [3.05, 3.63) is 59.7 Å². The molecule has 2 aromatic carbocycles. The summed E-state index contributed by atoms with van der Waals surface area (Å²) in [5.74, 6) is -2.55. The first kappa shape index (κ1) is 18.0. The lowest BCUT2D eigenvalue weighted by molar-refractivity contribution is -0.133. The van der Waals surface area contributed by atoms with Crippen LogP contribution in [0.4, 0.5) is 8.78 Å². The van der Waals surface area contributed by atoms with E-state index in [1.807, 2.05) is 24.3 Å². The molecule has 1 aromatic heterocycles. The first-order valence-corrected chi connectivity index (χ1v) is 8.83. The highest BCUT2D eigenvalue weighted by atomic mass is 19.2. The molecular formula is C19H17F2N5O2. The Bertz CT molecular complexity index is 1040. The molecule has 2 heterocycles. The van der Waals surface area contributed by atoms with Gasteiger partial charge >= 0.3 is 0 Å². The molecule has 0 bridgehead atoms. The van der Waals surface area contributed by atoms with E-state index in [2.05, 4.69) is 10.3 Å². The smallest absolute Gasteiger partial charge is 0.254 e. The van der Waals surface area contributed by atoms with Crippen molar-refractivity contribution in [3.8, 4) is 0 Å². The summed E-state index contributed by atoms with van der Waals surface area (Å²) in [4.78, 5) is 28.2. The third-order valence-electron chi connectivity index (χ3n) is 4.79. The molecule has 0 spiro atoms. The van der Waals surface area contributed by atoms with Crippen LogP contribution in [0, 0.1) is 11.6 Å². The molecule has 9 heteroatoms. The Morgan fingerprint density at radius 3 is 2.39 bits per heavy atom. The number of carbonyl (C=O) groups is 2. The highest BCUT2D eigenvalue weighted by Gasteiger charge is 2.26. The lowest BCUT2D eigenvalue weighted by Gasteiger charge is -2.34. The number of para-hydroxylation sites is 1. The van der Waals surface area contributed by atoms with Gasteiger partial charge in [-0.25, -0.2) is 13.5 Å². The molecule has 1 saturated heterocycles. The van der Waals surface area contributed by atoms with Gasteiger partial charge in [-0.15, -0.1) is 5.10 Å². The van der Waals surface area contributed by atoms with Crippen molar-refractivity contribution in [3.63, 3.8) is 0 Å². The highest BCUT2D eigenvalue weighted by Crippen LogP contribution is 2.14. The van der Waals surface area contributed by atoms with Crippen molar-refractivity contribution in [1.29, 1.82) is 0 Å². The summed E-state index contributed by atoms with van der Waals surface area (Å²) in [5, 5.41) is 8.05. The van der Waals surface area contributed by atoms with Gasteiger partial charge in [0, 0.05) is 31.7 Å². The first-order chi connectivity index (χ1) is 13.5. The fraction of sp³-hybridized carbons (Fsp3) is 0.263. The monoisotopic (exact) mass is 385 g/mol. The maximum absolute atomic E-state index is 13.4. The number of piperazine rings is 1. The first-order valence-electron chi connectivity index (χ1n) is 8.83. The zero-order valence-electron chi connectivity index (χ0n) is 14.9. The predicted octanol–water partition coefficient (Wildman–Crippen LogP) is 1.69. The van der Waals surface area contributed by atoms with Crippen LogP contribution >= 0.6 is 0 Å². The molecule has 1 aliphatic rings. The van der Waals surface area contributed by atoms with Crippen LogP contribution < -0.4 is 0 Å². The van der Waals surface area contributed by atoms with Crippen molar-refractivity contribution in [2.45, 2.75) is 6.54 Å². The fourth-order valence-electron chi connectivity index (χ4n) is 3.23. The molecule has 0 aliphatic carbocycles. The summed E-state index contributed by atoms with van der Waals surface area (Å²) in [6.07, 6.45) is 0. The minimum atomic E-state index is -1.06. The molecule has 0 saturated carbocycles. The molecule has 0 N–H and O–H groups in total. The van der Waals surface area contributed by atoms with Crippen molar-refractivity contribution < 1.29 is 18.4 Å². The SMILES string of the molecule is O=C(Cn1nnc2ccccc21)N1CCN(C(=O)c2ccc(F)c(F)c2)CC1. The molecule has 0 atom stereocenters. The van der Waals surface area contributed by atoms with Crippen molar-refractivity contribution in [1.82, 2.24) is 24.8 Å². The van der Waals surface area contributed by atoms with Crippen LogP contribution in [0.2, 0.25) is 0 Å². The summed E-state index contributed by atoms with van der Waals surface area (Å²) in [5.41, 5.74) is 1.59. The lowest BCUT2D eigenvalue weighted by atomic mass is 10.1. The second-order valence-electron chi connectivity index (χ2n) is 6.54. The number of carbonyl (C=O) groups excluding carboxylic acids is 2. The zero-order chi connectivity index (χ0) is 19.7. The zero-order valence-corrected chi connectivity index (χ0v) is 14.9. The average molecular weight is 385 g/mol. The Morgan fingerprint density at radius 1 is 0.929 bits per heavy atom. The quantitative estimate of drug-likeness (QED) is 0.688. The minimum absolute atomic E-state index is 0.0671. The van der Waals surface area contributed by atoms with Crippen LogP contribution in [0.3, 0.4) is 0 Å². The number of benzene rings is 2. The van der Waals surface area contributed by atoms with E-state index in [1.54, 1.807) is 9.58 Å². The molecule has 1 aliphatic heterocycles. The van der Waals surface area contributed by atoms with Gasteiger partial charge in [-0.05, 0) is 30.3 Å². The summed E-state index contributed by atoms with van der Waals surface area (Å²) >= 11 is 0. The van der Waals surface area contributed by atoms with Crippen molar-refractivity contribution in [2.75, 3.05) is 26.2 Å². The van der Waals surface area contributed by atoms with Gasteiger partial charge in [-0.2, -0.15) is 0 Å². The minimum Gasteiger partial charge on any atom is -0.338 e. The van der Waals surface area contributed by atoms with E-state index < -0.39 is 11.6 Å². The number of aromatic nitrogens is 3. The number of amides is 2. The number of hydrogen-bond donors (Lipinski definition) is 0. The van der Waals surface area contributed by atoms with E-state index in [9.17, 15) is 18.4 Å². The largest absolute Gasteiger partial charge is 0.338 e. The Morgan fingerprint density at radius 2 is 1.64 bits per heavy atom. The van der Waals surface area contributed by atoms with E-state index >= 15 is 0 Å². The maximum atomic E-state index is 13.4. The van der Waals surface area contributed by atoms with Crippen LogP contribution in [0.25, 0.3) is 11.0 Å². The topological polar surface area (TPSA) is 71.3 Å². The van der Waals surface area contributed by atoms with Crippen LogP contribution in [0.15, 0.2) is 42.5 Å². The van der Waals surface area contributed by atoms with E-state index in [1.165, 1.54) is 11.0 Å². The molecule has 7 nitrogen and oxygen atoms in total. The second-order valence-corrected chi connectivity index (χ2v) is 6.54. The van der Waals surface area contributed by atoms with Crippen LogP contribution in [0.1, 0.15) is 10.4 Å². The second kappa shape index (κ2) is 7.34. The lowest BCUT2D eigenvalue weighted by Crippen LogP contribution is -2.51. The Balaban J connectivity index is 1.37. The van der Waals surface area contributed by atoms with Gasteiger partial charge in [0.1, 0.15) is 12.1 Å². The van der Waals surface area contributed by atoms with Gasteiger partial charge in [0.15, 0.2) is 11.6 Å². The Labute approximate surface area is 159 Å². The Kier molecular flexibility index (Phi) is 4.72. The summed E-state index contributed by atoms with van der Waals surface area (Å²) in [6.45, 7) is 1.43. The number of hydrogen-bond acceptors (Lipinski definition) is 4. The van der Waals surface area contributed by atoms with Crippen molar-refractivity contribution >= 4 is 22.8 Å². The van der Waals surface area contributed by atoms with E-state index in [0.717, 1.165) is 23.2 Å². The molecule has 144 valence electrons. The number of nitrogens with zero attached hydrogens (tertiary/aromatic N) is 5. The summed E-state index contributed by atoms with van der Waals surface area (Å²) in [7, 11) is 0. The molecule has 0 unspecified atom stereocenters. The van der Waals surface area contributed by atoms with Gasteiger partial charge in [0.25, 0.3) is 5.91 Å². The highest BCUT2D eigenvalue weighted by molar-refractivity contribution is 5.94. The van der Waals surface area contributed by atoms with E-state index in [4.69, 9.17) is 0 Å². The van der Waals surface area contributed by atoms with Gasteiger partial charge in [0.2, 0.25) is 5.91 Å². The van der Waals surface area contributed by atoms with Crippen LogP contribution in [-0.2, 0) is 11.3 Å². The molecule has 1 fully saturated rings. The van der Waals surface area contributed by atoms with Gasteiger partial charge in [0.05, 0.1) is 5.52 Å². The third-order valence-corrected chi connectivity index (χ3v) is 4.79. The molecule has 4 rings (SSSR count). The van der Waals surface area contributed by atoms with Gasteiger partial charge < -0.3 is 9.80 Å². The predicted molar refractivity (Wildman–Crippen MR) is 96.4 cm³/mol. The van der Waals surface area contributed by atoms with Gasteiger partial charge in [-0.1, -0.05) is 17.3 Å². The maximum Gasteiger partial charge on any atom is 0.254 e. The molecule has 3 aromatic rings. The average Bonchev–Trinajstić information content (AvgIpc) is 3.12. The fourth-order valence-corrected chi connectivity index (χ4v) is 3.23. The van der Waals surface area contributed by atoms with Crippen LogP contribution in [0.5, 0.6) is 0 Å². The van der Waals surface area contributed by atoms with Gasteiger partial charge in [-0.3, -0.25) is 9.59 Å². The molecule has 0 radical (unpaired) electrons. The third kappa shape index (κ3) is 3.42. The molecular weight excluding hydrogens is 368 g/mol. The van der Waals surface area contributed by atoms with Crippen LogP contribution in [-0.4, -0.2) is 62.8 Å². The standard InChI is InChI=1S/C19H17F2N5O2/c20-14-6-5-13(11-15(14)21)19(28)25-9-7-24(8-10-25)18(27)12-26-17-4-2-1-3-16(17)22-23-26/h1-6,11H,7-10,12H2. The number of fused-ring (bicyclic) bond motifs is 1. The number of rotatable bonds is 3. The summed E-state index contributed by atoms with van der Waals surface area (Å²) in [6, 6.07) is 10.5. The van der Waals surface area contributed by atoms with E-state index in [-0.39, 0.29) is 23.9 Å². The number of halogens is 2. The van der Waals surface area contributed by atoms with Crippen molar-refractivity contribution in [2.24, 2.45) is 0 Å². The van der Waals surface area contributed by atoms with E-state index in [0.29, 0.717) is 26.2 Å². The molecule has 28 heavy (non-hydrogen) atoms. The normalized spacial score (nSPS) is 14.5.